The molecule has 0 aliphatic carbocycles. The Morgan fingerprint density at radius 1 is 0.935 bits per heavy atom. The molecule has 10 heteroatoms. The quantitative estimate of drug-likeness (QED) is 0.408. The van der Waals surface area contributed by atoms with Crippen LogP contribution in [0, 0.1) is 11.6 Å². The molecule has 0 aliphatic rings. The summed E-state index contributed by atoms with van der Waals surface area (Å²) in [6, 6.07) is 13.1. The molecule has 4 rings (SSSR count). The molecule has 158 valence electrons. The molecule has 0 fully saturated rings. The van der Waals surface area contributed by atoms with Gasteiger partial charge in [-0.1, -0.05) is 18.2 Å². The average molecular weight is 433 g/mol. The van der Waals surface area contributed by atoms with Crippen molar-refractivity contribution in [1.82, 2.24) is 10.2 Å². The second-order valence-corrected chi connectivity index (χ2v) is 6.49. The van der Waals surface area contributed by atoms with Crippen molar-refractivity contribution >= 4 is 22.6 Å². The highest BCUT2D eigenvalue weighted by Gasteiger charge is 2.31. The van der Waals surface area contributed by atoms with Crippen LogP contribution < -0.4 is 10.1 Å². The number of halogens is 5. The molecule has 0 unspecified atom stereocenters. The molecular formula is C21H12F5N3O2. The van der Waals surface area contributed by atoms with Gasteiger partial charge >= 0.3 is 6.36 Å². The van der Waals surface area contributed by atoms with Crippen LogP contribution in [0.5, 0.6) is 5.75 Å². The van der Waals surface area contributed by atoms with Gasteiger partial charge in [-0.15, -0.1) is 13.2 Å². The number of nitrogens with one attached hydrogen (secondary N) is 2. The number of hydrogen-bond acceptors (Lipinski definition) is 3. The van der Waals surface area contributed by atoms with E-state index in [4.69, 9.17) is 0 Å². The lowest BCUT2D eigenvalue weighted by molar-refractivity contribution is -0.274. The lowest BCUT2D eigenvalue weighted by Gasteiger charge is -2.10. The molecule has 0 atom stereocenters. The maximum atomic E-state index is 13.3. The van der Waals surface area contributed by atoms with E-state index in [1.54, 1.807) is 24.3 Å². The Bertz CT molecular complexity index is 1280. The number of carbonyl (C=O) groups is 1. The summed E-state index contributed by atoms with van der Waals surface area (Å²) in [6.07, 6.45) is -4.80. The zero-order valence-corrected chi connectivity index (χ0v) is 15.4. The SMILES string of the molecule is O=C(Nc1n[nH]c2cc(-c3cccc(OC(F)(F)F)c3)ccc12)c1ccc(F)c(F)c1. The second kappa shape index (κ2) is 7.71. The molecule has 4 aromatic rings. The van der Waals surface area contributed by atoms with Crippen molar-refractivity contribution < 1.29 is 31.5 Å². The van der Waals surface area contributed by atoms with Crippen molar-refractivity contribution in [3.05, 3.63) is 77.9 Å². The lowest BCUT2D eigenvalue weighted by atomic mass is 10.0. The molecule has 1 heterocycles. The predicted molar refractivity (Wildman–Crippen MR) is 103 cm³/mol. The number of H-pyrrole nitrogens is 1. The number of fused-ring (bicyclic) bond motifs is 1. The van der Waals surface area contributed by atoms with Gasteiger partial charge in [-0.2, -0.15) is 5.10 Å². The number of anilines is 1. The minimum absolute atomic E-state index is 0.0897. The molecule has 0 saturated heterocycles. The minimum atomic E-state index is -4.80. The number of carbonyl (C=O) groups excluding carboxylic acids is 1. The first-order valence-electron chi connectivity index (χ1n) is 8.80. The molecule has 5 nitrogen and oxygen atoms in total. The topological polar surface area (TPSA) is 67.0 Å². The number of alkyl halides is 3. The Labute approximate surface area is 171 Å². The van der Waals surface area contributed by atoms with Gasteiger partial charge in [-0.05, 0) is 53.6 Å². The molecule has 0 radical (unpaired) electrons. The van der Waals surface area contributed by atoms with Gasteiger partial charge in [0.25, 0.3) is 5.91 Å². The van der Waals surface area contributed by atoms with E-state index in [0.717, 1.165) is 18.2 Å². The molecular weight excluding hydrogens is 421 g/mol. The third kappa shape index (κ3) is 4.47. The highest BCUT2D eigenvalue weighted by Crippen LogP contribution is 2.31. The van der Waals surface area contributed by atoms with Crippen LogP contribution in [-0.4, -0.2) is 22.5 Å². The summed E-state index contributed by atoms with van der Waals surface area (Å²) in [5, 5.41) is 9.74. The molecule has 0 aliphatic heterocycles. The Hall–Kier alpha value is -3.95. The van der Waals surface area contributed by atoms with Crippen LogP contribution in [0.2, 0.25) is 0 Å². The van der Waals surface area contributed by atoms with Crippen LogP contribution in [0.3, 0.4) is 0 Å². The first-order chi connectivity index (χ1) is 14.7. The zero-order valence-electron chi connectivity index (χ0n) is 15.4. The van der Waals surface area contributed by atoms with Gasteiger partial charge in [0.05, 0.1) is 5.52 Å². The first-order valence-corrected chi connectivity index (χ1v) is 8.80. The molecule has 3 aromatic carbocycles. The van der Waals surface area contributed by atoms with Crippen molar-refractivity contribution in [2.45, 2.75) is 6.36 Å². The molecule has 0 spiro atoms. The van der Waals surface area contributed by atoms with Gasteiger partial charge < -0.3 is 10.1 Å². The van der Waals surface area contributed by atoms with Crippen LogP contribution in [0.1, 0.15) is 10.4 Å². The molecule has 1 aromatic heterocycles. The molecule has 31 heavy (non-hydrogen) atoms. The lowest BCUT2D eigenvalue weighted by Crippen LogP contribution is -2.17. The van der Waals surface area contributed by atoms with Gasteiger partial charge in [0.2, 0.25) is 0 Å². The van der Waals surface area contributed by atoms with Gasteiger partial charge in [-0.3, -0.25) is 9.89 Å². The number of hydrogen-bond donors (Lipinski definition) is 2. The largest absolute Gasteiger partial charge is 0.573 e. The number of ether oxygens (including phenoxy) is 1. The summed E-state index contributed by atoms with van der Waals surface area (Å²) >= 11 is 0. The molecule has 0 bridgehead atoms. The van der Waals surface area contributed by atoms with E-state index in [1.807, 2.05) is 0 Å². The van der Waals surface area contributed by atoms with Crippen LogP contribution in [0.15, 0.2) is 60.7 Å². The van der Waals surface area contributed by atoms with Crippen molar-refractivity contribution in [2.24, 2.45) is 0 Å². The number of nitrogens with zero attached hydrogens (tertiary/aromatic N) is 1. The monoisotopic (exact) mass is 433 g/mol. The predicted octanol–water partition coefficient (Wildman–Crippen LogP) is 5.66. The van der Waals surface area contributed by atoms with Gasteiger partial charge in [0.15, 0.2) is 17.5 Å². The average Bonchev–Trinajstić information content (AvgIpc) is 3.11. The number of aromatic nitrogens is 2. The van der Waals surface area contributed by atoms with E-state index in [0.29, 0.717) is 22.0 Å². The van der Waals surface area contributed by atoms with Gasteiger partial charge in [0.1, 0.15) is 5.75 Å². The van der Waals surface area contributed by atoms with E-state index < -0.39 is 23.9 Å². The summed E-state index contributed by atoms with van der Waals surface area (Å²) in [5.41, 5.74) is 1.47. The second-order valence-electron chi connectivity index (χ2n) is 6.49. The Kier molecular flexibility index (Phi) is 5.05. The highest BCUT2D eigenvalue weighted by molar-refractivity contribution is 6.08. The fourth-order valence-electron chi connectivity index (χ4n) is 2.98. The number of amides is 1. The van der Waals surface area contributed by atoms with Crippen LogP contribution >= 0.6 is 0 Å². The van der Waals surface area contributed by atoms with E-state index in [2.05, 4.69) is 20.3 Å². The van der Waals surface area contributed by atoms with Crippen molar-refractivity contribution in [3.63, 3.8) is 0 Å². The molecule has 0 saturated carbocycles. The van der Waals surface area contributed by atoms with Crippen LogP contribution in [0.4, 0.5) is 27.8 Å². The first kappa shape index (κ1) is 20.3. The third-order valence-corrected chi connectivity index (χ3v) is 4.38. The van der Waals surface area contributed by atoms with Crippen molar-refractivity contribution in [2.75, 3.05) is 5.32 Å². The van der Waals surface area contributed by atoms with Crippen LogP contribution in [-0.2, 0) is 0 Å². The van der Waals surface area contributed by atoms with E-state index in [-0.39, 0.29) is 17.1 Å². The summed E-state index contributed by atoms with van der Waals surface area (Å²) < 4.78 is 67.7. The fraction of sp³-hybridized carbons (Fsp3) is 0.0476. The molecule has 2 N–H and O–H groups in total. The minimum Gasteiger partial charge on any atom is -0.406 e. The van der Waals surface area contributed by atoms with E-state index >= 15 is 0 Å². The number of benzene rings is 3. The van der Waals surface area contributed by atoms with Gasteiger partial charge in [0, 0.05) is 10.9 Å². The Balaban J connectivity index is 1.59. The smallest absolute Gasteiger partial charge is 0.406 e. The summed E-state index contributed by atoms with van der Waals surface area (Å²) in [5.74, 6) is -3.10. The summed E-state index contributed by atoms with van der Waals surface area (Å²) in [4.78, 5) is 12.3. The third-order valence-electron chi connectivity index (χ3n) is 4.38. The Morgan fingerprint density at radius 2 is 1.71 bits per heavy atom. The van der Waals surface area contributed by atoms with E-state index in [1.165, 1.54) is 18.2 Å². The van der Waals surface area contributed by atoms with Gasteiger partial charge in [-0.25, -0.2) is 8.78 Å². The van der Waals surface area contributed by atoms with Crippen LogP contribution in [0.25, 0.3) is 22.0 Å². The number of rotatable bonds is 4. The van der Waals surface area contributed by atoms with Crippen molar-refractivity contribution in [3.8, 4) is 16.9 Å². The van der Waals surface area contributed by atoms with Crippen molar-refractivity contribution in [1.29, 1.82) is 0 Å². The van der Waals surface area contributed by atoms with E-state index in [9.17, 15) is 26.7 Å². The molecule has 1 amide bonds. The maximum Gasteiger partial charge on any atom is 0.573 e. The normalized spacial score (nSPS) is 11.5. The maximum absolute atomic E-state index is 13.3. The highest BCUT2D eigenvalue weighted by atomic mass is 19.4. The standard InChI is InChI=1S/C21H12F5N3O2/c22-16-7-5-13(9-17(16)23)20(30)27-19-15-6-4-12(10-18(15)28-29-19)11-2-1-3-14(8-11)31-21(24,25)26/h1-10H,(H2,27,28,29,30). The Morgan fingerprint density at radius 3 is 2.45 bits per heavy atom. The summed E-state index contributed by atoms with van der Waals surface area (Å²) in [7, 11) is 0. The zero-order chi connectivity index (χ0) is 22.2. The fourth-order valence-corrected chi connectivity index (χ4v) is 2.98. The summed E-state index contributed by atoms with van der Waals surface area (Å²) in [6.45, 7) is 0. The number of aromatic amines is 1.